The van der Waals surface area contributed by atoms with Crippen molar-refractivity contribution in [1.29, 1.82) is 0 Å². The van der Waals surface area contributed by atoms with Gasteiger partial charge < -0.3 is 10.6 Å². The fourth-order valence-corrected chi connectivity index (χ4v) is 3.12. The van der Waals surface area contributed by atoms with Crippen LogP contribution in [0.25, 0.3) is 6.08 Å². The van der Waals surface area contributed by atoms with E-state index in [4.69, 9.17) is 0 Å². The lowest BCUT2D eigenvalue weighted by atomic mass is 10.0. The van der Waals surface area contributed by atoms with E-state index in [1.165, 1.54) is 31.4 Å². The smallest absolute Gasteiger partial charge is 0.0207 e. The highest BCUT2D eigenvalue weighted by Crippen LogP contribution is 2.40. The molecule has 1 aromatic rings. The third kappa shape index (κ3) is 3.26. The number of rotatable bonds is 5. The van der Waals surface area contributed by atoms with Crippen molar-refractivity contribution in [3.05, 3.63) is 41.5 Å². The molecule has 0 aromatic heterocycles. The molecule has 1 saturated carbocycles. The Labute approximate surface area is 116 Å². The van der Waals surface area contributed by atoms with Crippen LogP contribution in [0.3, 0.4) is 0 Å². The molecule has 19 heavy (non-hydrogen) atoms. The first-order valence-electron chi connectivity index (χ1n) is 7.59. The maximum absolute atomic E-state index is 3.80. The van der Waals surface area contributed by atoms with Gasteiger partial charge in [0.2, 0.25) is 0 Å². The van der Waals surface area contributed by atoms with E-state index in [0.29, 0.717) is 6.04 Å². The summed E-state index contributed by atoms with van der Waals surface area (Å²) < 4.78 is 0. The summed E-state index contributed by atoms with van der Waals surface area (Å²) >= 11 is 0. The van der Waals surface area contributed by atoms with Crippen molar-refractivity contribution < 1.29 is 0 Å². The van der Waals surface area contributed by atoms with Crippen LogP contribution >= 0.6 is 0 Å². The van der Waals surface area contributed by atoms with E-state index in [2.05, 4.69) is 54.0 Å². The zero-order chi connectivity index (χ0) is 13.1. The van der Waals surface area contributed by atoms with Crippen LogP contribution in [0.15, 0.2) is 35.9 Å². The molecule has 3 rings (SSSR count). The van der Waals surface area contributed by atoms with Gasteiger partial charge in [0.1, 0.15) is 0 Å². The van der Waals surface area contributed by atoms with Crippen LogP contribution in [0, 0.1) is 5.92 Å². The Morgan fingerprint density at radius 3 is 2.89 bits per heavy atom. The summed E-state index contributed by atoms with van der Waals surface area (Å²) in [4.78, 5) is 0. The maximum atomic E-state index is 3.80. The van der Waals surface area contributed by atoms with Crippen LogP contribution in [0.4, 0.5) is 0 Å². The maximum Gasteiger partial charge on any atom is 0.0207 e. The molecular weight excluding hydrogens is 232 g/mol. The summed E-state index contributed by atoms with van der Waals surface area (Å²) in [5.41, 5.74) is 2.95. The monoisotopic (exact) mass is 256 g/mol. The van der Waals surface area contributed by atoms with Gasteiger partial charge in [0, 0.05) is 18.6 Å². The highest BCUT2D eigenvalue weighted by molar-refractivity contribution is 5.54. The zero-order valence-electron chi connectivity index (χ0n) is 11.7. The first-order chi connectivity index (χ1) is 9.36. The van der Waals surface area contributed by atoms with Crippen LogP contribution in [-0.4, -0.2) is 25.2 Å². The average Bonchev–Trinajstić information content (AvgIpc) is 2.99. The Morgan fingerprint density at radius 1 is 1.37 bits per heavy atom. The lowest BCUT2D eigenvalue weighted by molar-refractivity contribution is 0.530. The number of hydrogen-bond donors (Lipinski definition) is 2. The second kappa shape index (κ2) is 5.89. The number of benzene rings is 1. The van der Waals surface area contributed by atoms with E-state index in [1.807, 2.05) is 0 Å². The van der Waals surface area contributed by atoms with E-state index in [1.54, 1.807) is 5.57 Å². The van der Waals surface area contributed by atoms with Crippen LogP contribution in [0.5, 0.6) is 0 Å². The van der Waals surface area contributed by atoms with E-state index in [9.17, 15) is 0 Å². The third-order valence-electron chi connectivity index (χ3n) is 4.34. The Morgan fingerprint density at radius 2 is 2.21 bits per heavy atom. The first kappa shape index (κ1) is 12.9. The molecule has 0 bridgehead atoms. The van der Waals surface area contributed by atoms with Gasteiger partial charge in [0.05, 0.1) is 0 Å². The lowest BCUT2D eigenvalue weighted by Crippen LogP contribution is -2.33. The second-order valence-electron chi connectivity index (χ2n) is 5.79. The Balaban J connectivity index is 1.60. The standard InChI is InChI=1S/C17H24N2/c1-2-14(10-13-6-4-3-5-7-13)16-11-17(16)19-15-8-9-18-12-15/h3-7,10,15-19H,2,8-9,11-12H2,1H3/t15?,16-,17+/m0/s1. The molecule has 1 aliphatic carbocycles. The van der Waals surface area contributed by atoms with Crippen molar-refractivity contribution >= 4 is 6.08 Å². The van der Waals surface area contributed by atoms with Crippen LogP contribution in [0.2, 0.25) is 0 Å². The van der Waals surface area contributed by atoms with Gasteiger partial charge in [-0.1, -0.05) is 48.9 Å². The molecule has 1 aromatic carbocycles. The summed E-state index contributed by atoms with van der Waals surface area (Å²) in [5.74, 6) is 0.769. The van der Waals surface area contributed by atoms with Crippen molar-refractivity contribution in [2.24, 2.45) is 5.92 Å². The van der Waals surface area contributed by atoms with Crippen molar-refractivity contribution in [3.8, 4) is 0 Å². The molecule has 1 unspecified atom stereocenters. The molecule has 3 atom stereocenters. The minimum atomic E-state index is 0.699. The predicted octanol–water partition coefficient (Wildman–Crippen LogP) is 2.82. The quantitative estimate of drug-likeness (QED) is 0.846. The van der Waals surface area contributed by atoms with E-state index in [-0.39, 0.29) is 0 Å². The predicted molar refractivity (Wildman–Crippen MR) is 81.0 cm³/mol. The van der Waals surface area contributed by atoms with Crippen molar-refractivity contribution in [2.45, 2.75) is 38.3 Å². The van der Waals surface area contributed by atoms with Gasteiger partial charge in [-0.3, -0.25) is 0 Å². The fourth-order valence-electron chi connectivity index (χ4n) is 3.12. The fraction of sp³-hybridized carbons (Fsp3) is 0.529. The van der Waals surface area contributed by atoms with E-state index >= 15 is 0 Å². The zero-order valence-corrected chi connectivity index (χ0v) is 11.7. The highest BCUT2D eigenvalue weighted by Gasteiger charge is 2.40. The van der Waals surface area contributed by atoms with Gasteiger partial charge in [-0.15, -0.1) is 0 Å². The summed E-state index contributed by atoms with van der Waals surface area (Å²) in [6.45, 7) is 4.60. The molecular formula is C17H24N2. The summed E-state index contributed by atoms with van der Waals surface area (Å²) in [6.07, 6.45) is 6.16. The average molecular weight is 256 g/mol. The molecule has 2 aliphatic rings. The molecule has 1 saturated heterocycles. The van der Waals surface area contributed by atoms with Gasteiger partial charge in [-0.25, -0.2) is 0 Å². The molecule has 102 valence electrons. The van der Waals surface area contributed by atoms with Gasteiger partial charge in [-0.2, -0.15) is 0 Å². The largest absolute Gasteiger partial charge is 0.315 e. The normalized spacial score (nSPS) is 30.6. The van der Waals surface area contributed by atoms with E-state index in [0.717, 1.165) is 18.5 Å². The third-order valence-corrected chi connectivity index (χ3v) is 4.34. The molecule has 2 nitrogen and oxygen atoms in total. The molecule has 0 radical (unpaired) electrons. The van der Waals surface area contributed by atoms with Crippen LogP contribution in [0.1, 0.15) is 31.7 Å². The minimum Gasteiger partial charge on any atom is -0.315 e. The van der Waals surface area contributed by atoms with Gasteiger partial charge in [0.15, 0.2) is 0 Å². The van der Waals surface area contributed by atoms with Gasteiger partial charge in [-0.05, 0) is 37.3 Å². The van der Waals surface area contributed by atoms with Gasteiger partial charge >= 0.3 is 0 Å². The van der Waals surface area contributed by atoms with Gasteiger partial charge in [0.25, 0.3) is 0 Å². The topological polar surface area (TPSA) is 24.1 Å². The number of nitrogens with one attached hydrogen (secondary N) is 2. The van der Waals surface area contributed by atoms with Crippen molar-refractivity contribution in [3.63, 3.8) is 0 Å². The molecule has 2 heteroatoms. The molecule has 2 fully saturated rings. The van der Waals surface area contributed by atoms with Crippen molar-refractivity contribution in [1.82, 2.24) is 10.6 Å². The molecule has 1 aliphatic heterocycles. The number of hydrogen-bond acceptors (Lipinski definition) is 2. The molecule has 0 spiro atoms. The summed E-state index contributed by atoms with van der Waals surface area (Å²) in [5, 5.41) is 7.23. The molecule has 2 N–H and O–H groups in total. The highest BCUT2D eigenvalue weighted by atomic mass is 15.1. The first-order valence-corrected chi connectivity index (χ1v) is 7.59. The summed E-state index contributed by atoms with van der Waals surface area (Å²) in [6, 6.07) is 12.1. The summed E-state index contributed by atoms with van der Waals surface area (Å²) in [7, 11) is 0. The lowest BCUT2D eigenvalue weighted by Gasteiger charge is -2.11. The minimum absolute atomic E-state index is 0.699. The van der Waals surface area contributed by atoms with Crippen molar-refractivity contribution in [2.75, 3.05) is 13.1 Å². The van der Waals surface area contributed by atoms with Crippen LogP contribution < -0.4 is 10.6 Å². The molecule has 0 amide bonds. The Hall–Kier alpha value is -1.12. The molecule has 1 heterocycles. The Bertz CT molecular complexity index is 432. The van der Waals surface area contributed by atoms with Crippen LogP contribution in [-0.2, 0) is 0 Å². The van der Waals surface area contributed by atoms with E-state index < -0.39 is 0 Å². The second-order valence-corrected chi connectivity index (χ2v) is 5.79. The SMILES string of the molecule is CCC(=Cc1ccccc1)[C@@H]1C[C@H]1NC1CCNC1. The Kier molecular flexibility index (Phi) is 4.00.